The van der Waals surface area contributed by atoms with Gasteiger partial charge in [-0.1, -0.05) is 12.1 Å². The van der Waals surface area contributed by atoms with Crippen LogP contribution >= 0.6 is 0 Å². The summed E-state index contributed by atoms with van der Waals surface area (Å²) in [5.41, 5.74) is 1.83. The van der Waals surface area contributed by atoms with E-state index in [0.29, 0.717) is 17.9 Å². The predicted octanol–water partition coefficient (Wildman–Crippen LogP) is 1.43. The molecule has 0 saturated carbocycles. The highest BCUT2D eigenvalue weighted by Gasteiger charge is 2.36. The van der Waals surface area contributed by atoms with Crippen molar-refractivity contribution in [3.8, 4) is 0 Å². The second-order valence-electron chi connectivity index (χ2n) is 4.72. The largest absolute Gasteiger partial charge is 0.476 e. The van der Waals surface area contributed by atoms with Crippen LogP contribution < -0.4 is 0 Å². The quantitative estimate of drug-likeness (QED) is 0.753. The number of hydrogen-bond acceptors (Lipinski definition) is 4. The molecule has 2 aliphatic heterocycles. The summed E-state index contributed by atoms with van der Waals surface area (Å²) in [5.74, 6) is 0.293. The van der Waals surface area contributed by atoms with E-state index in [4.69, 9.17) is 4.74 Å². The van der Waals surface area contributed by atoms with E-state index >= 15 is 0 Å². The van der Waals surface area contributed by atoms with Crippen molar-refractivity contribution in [3.63, 3.8) is 0 Å². The fourth-order valence-electron chi connectivity index (χ4n) is 2.39. The lowest BCUT2D eigenvalue weighted by Crippen LogP contribution is -2.34. The minimum atomic E-state index is -0.235. The molecular formula is C14H14N2O3. The third-order valence-electron chi connectivity index (χ3n) is 3.53. The van der Waals surface area contributed by atoms with Crippen LogP contribution in [0, 0.1) is 0 Å². The molecule has 98 valence electrons. The number of carbonyl (C=O) groups excluding carboxylic acids is 2. The topological polar surface area (TPSA) is 49.9 Å². The zero-order chi connectivity index (χ0) is 13.6. The molecule has 0 fully saturated rings. The monoisotopic (exact) mass is 258 g/mol. The summed E-state index contributed by atoms with van der Waals surface area (Å²) < 4.78 is 5.39. The number of rotatable bonds is 2. The number of allylic oxidation sites excluding steroid dienone is 1. The molecule has 0 spiro atoms. The Hall–Kier alpha value is -2.30. The van der Waals surface area contributed by atoms with Gasteiger partial charge in [-0.2, -0.15) is 0 Å². The predicted molar refractivity (Wildman–Crippen MR) is 68.2 cm³/mol. The first-order chi connectivity index (χ1) is 9.09. The van der Waals surface area contributed by atoms with Crippen molar-refractivity contribution in [1.82, 2.24) is 9.80 Å². The molecule has 19 heavy (non-hydrogen) atoms. The third-order valence-corrected chi connectivity index (χ3v) is 3.53. The van der Waals surface area contributed by atoms with Crippen LogP contribution in [0.25, 0.3) is 0 Å². The Morgan fingerprint density at radius 2 is 1.74 bits per heavy atom. The van der Waals surface area contributed by atoms with E-state index in [1.54, 1.807) is 24.3 Å². The summed E-state index contributed by atoms with van der Waals surface area (Å²) >= 11 is 0. The van der Waals surface area contributed by atoms with Gasteiger partial charge in [0, 0.05) is 7.05 Å². The number of likely N-dealkylation sites (N-methyl/N-ethyl adjacent to an activating group) is 1. The molecule has 3 rings (SSSR count). The highest BCUT2D eigenvalue weighted by Crippen LogP contribution is 2.26. The number of nitrogens with zero attached hydrogens (tertiary/aromatic N) is 2. The average molecular weight is 258 g/mol. The van der Waals surface area contributed by atoms with Crippen LogP contribution in [0.2, 0.25) is 0 Å². The third kappa shape index (κ3) is 1.69. The molecule has 5 heteroatoms. The van der Waals surface area contributed by atoms with Crippen LogP contribution in [0.5, 0.6) is 0 Å². The zero-order valence-electron chi connectivity index (χ0n) is 10.8. The maximum absolute atomic E-state index is 12.2. The molecule has 1 aromatic carbocycles. The van der Waals surface area contributed by atoms with E-state index in [2.05, 4.69) is 0 Å². The van der Waals surface area contributed by atoms with Crippen LogP contribution in [-0.2, 0) is 4.74 Å². The molecule has 0 radical (unpaired) electrons. The Bertz CT molecular complexity index is 571. The number of imide groups is 1. The molecule has 0 bridgehead atoms. The molecule has 2 amide bonds. The van der Waals surface area contributed by atoms with Crippen LogP contribution in [0.15, 0.2) is 35.7 Å². The standard InChI is InChI=1S/C14H14N2O3/c1-9-12(15(2)8-19-9)7-16-13(17)10-5-3-4-6-11(10)14(16)18/h3-6H,7-8H2,1-2H3. The molecule has 0 atom stereocenters. The van der Waals surface area contributed by atoms with E-state index in [0.717, 1.165) is 11.5 Å². The minimum Gasteiger partial charge on any atom is -0.476 e. The fraction of sp³-hybridized carbons (Fsp3) is 0.286. The van der Waals surface area contributed by atoms with Gasteiger partial charge in [0.2, 0.25) is 0 Å². The first-order valence-corrected chi connectivity index (χ1v) is 6.08. The molecule has 1 aromatic rings. The fourth-order valence-corrected chi connectivity index (χ4v) is 2.39. The van der Waals surface area contributed by atoms with Gasteiger partial charge in [-0.15, -0.1) is 0 Å². The summed E-state index contributed by atoms with van der Waals surface area (Å²) in [6.07, 6.45) is 0. The molecule has 0 aliphatic carbocycles. The molecule has 0 saturated heterocycles. The van der Waals surface area contributed by atoms with Crippen molar-refractivity contribution in [2.45, 2.75) is 6.92 Å². The molecule has 0 aromatic heterocycles. The first-order valence-electron chi connectivity index (χ1n) is 6.08. The van der Waals surface area contributed by atoms with Crippen LogP contribution in [0.1, 0.15) is 27.6 Å². The Labute approximate surface area is 111 Å². The van der Waals surface area contributed by atoms with Gasteiger partial charge >= 0.3 is 0 Å². The van der Waals surface area contributed by atoms with Gasteiger partial charge in [-0.05, 0) is 19.1 Å². The van der Waals surface area contributed by atoms with Gasteiger partial charge in [0.25, 0.3) is 11.8 Å². The summed E-state index contributed by atoms with van der Waals surface area (Å²) in [7, 11) is 1.88. The average Bonchev–Trinajstić information content (AvgIpc) is 2.85. The minimum absolute atomic E-state index is 0.235. The number of fused-ring (bicyclic) bond motifs is 1. The van der Waals surface area contributed by atoms with Crippen molar-refractivity contribution in [3.05, 3.63) is 46.8 Å². The van der Waals surface area contributed by atoms with Gasteiger partial charge in [0.15, 0.2) is 6.73 Å². The molecule has 2 aliphatic rings. The molecular weight excluding hydrogens is 244 g/mol. The Morgan fingerprint density at radius 1 is 1.16 bits per heavy atom. The smallest absolute Gasteiger partial charge is 0.261 e. The number of ether oxygens (including phenoxy) is 1. The lowest BCUT2D eigenvalue weighted by atomic mass is 10.1. The first kappa shape index (κ1) is 11.8. The second-order valence-corrected chi connectivity index (χ2v) is 4.72. The molecule has 5 nitrogen and oxygen atoms in total. The lowest BCUT2D eigenvalue weighted by molar-refractivity contribution is 0.0658. The second kappa shape index (κ2) is 4.12. The molecule has 0 unspecified atom stereocenters. The normalized spacial score (nSPS) is 18.2. The van der Waals surface area contributed by atoms with E-state index < -0.39 is 0 Å². The van der Waals surface area contributed by atoms with Crippen LogP contribution in [0.3, 0.4) is 0 Å². The molecule has 2 heterocycles. The zero-order valence-corrected chi connectivity index (χ0v) is 10.8. The summed E-state index contributed by atoms with van der Waals surface area (Å²) in [4.78, 5) is 27.6. The van der Waals surface area contributed by atoms with E-state index in [9.17, 15) is 9.59 Å². The van der Waals surface area contributed by atoms with Crippen molar-refractivity contribution in [1.29, 1.82) is 0 Å². The van der Waals surface area contributed by atoms with E-state index in [-0.39, 0.29) is 18.4 Å². The van der Waals surface area contributed by atoms with E-state index in [1.807, 2.05) is 18.9 Å². The van der Waals surface area contributed by atoms with Gasteiger partial charge in [-0.25, -0.2) is 0 Å². The van der Waals surface area contributed by atoms with Crippen molar-refractivity contribution < 1.29 is 14.3 Å². The van der Waals surface area contributed by atoms with Crippen molar-refractivity contribution >= 4 is 11.8 Å². The number of hydrogen-bond donors (Lipinski definition) is 0. The Balaban J connectivity index is 1.91. The van der Waals surface area contributed by atoms with Gasteiger partial charge in [0.1, 0.15) is 5.76 Å². The van der Waals surface area contributed by atoms with Crippen LogP contribution in [0.4, 0.5) is 0 Å². The van der Waals surface area contributed by atoms with Crippen LogP contribution in [-0.4, -0.2) is 41.9 Å². The number of carbonyl (C=O) groups is 2. The van der Waals surface area contributed by atoms with Gasteiger partial charge in [0.05, 0.1) is 23.4 Å². The number of benzene rings is 1. The highest BCUT2D eigenvalue weighted by atomic mass is 16.5. The maximum Gasteiger partial charge on any atom is 0.261 e. The van der Waals surface area contributed by atoms with Crippen molar-refractivity contribution in [2.24, 2.45) is 0 Å². The highest BCUT2D eigenvalue weighted by molar-refractivity contribution is 6.21. The lowest BCUT2D eigenvalue weighted by Gasteiger charge is -2.19. The SMILES string of the molecule is CC1=C(CN2C(=O)c3ccccc3C2=O)N(C)CO1. The Morgan fingerprint density at radius 3 is 2.21 bits per heavy atom. The summed E-state index contributed by atoms with van der Waals surface area (Å²) in [6.45, 7) is 2.57. The number of amides is 2. The van der Waals surface area contributed by atoms with Gasteiger partial charge in [-0.3, -0.25) is 14.5 Å². The Kier molecular flexibility index (Phi) is 2.55. The van der Waals surface area contributed by atoms with Gasteiger partial charge < -0.3 is 9.64 Å². The summed E-state index contributed by atoms with van der Waals surface area (Å²) in [5, 5.41) is 0. The van der Waals surface area contributed by atoms with E-state index in [1.165, 1.54) is 4.90 Å². The maximum atomic E-state index is 12.2. The summed E-state index contributed by atoms with van der Waals surface area (Å²) in [6, 6.07) is 6.91. The molecule has 0 N–H and O–H groups in total. The van der Waals surface area contributed by atoms with Crippen molar-refractivity contribution in [2.75, 3.05) is 20.3 Å².